The molecule has 1 aliphatic heterocycles. The van der Waals surface area contributed by atoms with Gasteiger partial charge in [-0.1, -0.05) is 39.8 Å². The summed E-state index contributed by atoms with van der Waals surface area (Å²) >= 11 is 0. The zero-order valence-electron chi connectivity index (χ0n) is 18.9. The highest BCUT2D eigenvalue weighted by atomic mass is 19.4. The summed E-state index contributed by atoms with van der Waals surface area (Å²) in [4.78, 5) is 10.3. The second kappa shape index (κ2) is 15.1. The number of amides is 1. The molecule has 2 heterocycles. The number of allylic oxidation sites excluding steroid dienone is 2. The lowest BCUT2D eigenvalue weighted by atomic mass is 10.1. The van der Waals surface area contributed by atoms with Gasteiger partial charge in [-0.05, 0) is 50.2 Å². The molecule has 0 spiro atoms. The van der Waals surface area contributed by atoms with E-state index in [-0.39, 0.29) is 12.5 Å². The minimum Gasteiger partial charge on any atom is -0.348 e. The van der Waals surface area contributed by atoms with Crippen molar-refractivity contribution in [3.05, 3.63) is 35.7 Å². The van der Waals surface area contributed by atoms with Gasteiger partial charge in [0.1, 0.15) is 0 Å². The molecule has 1 aromatic rings. The normalized spacial score (nSPS) is 18.1. The van der Waals surface area contributed by atoms with Crippen LogP contribution < -0.4 is 5.48 Å². The van der Waals surface area contributed by atoms with E-state index in [4.69, 9.17) is 10.0 Å². The van der Waals surface area contributed by atoms with Crippen molar-refractivity contribution in [1.82, 2.24) is 14.9 Å². The van der Waals surface area contributed by atoms with E-state index in [1.165, 1.54) is 41.6 Å². The molecule has 1 amide bonds. The Balaban J connectivity index is 0.000000588. The third-order valence-corrected chi connectivity index (χ3v) is 4.68. The predicted octanol–water partition coefficient (Wildman–Crippen LogP) is 5.81. The first-order chi connectivity index (χ1) is 14.3. The van der Waals surface area contributed by atoms with Gasteiger partial charge in [-0.15, -0.1) is 0 Å². The average Bonchev–Trinajstić information content (AvgIpc) is 3.49. The number of aromatic nitrogens is 1. The molecule has 1 unspecified atom stereocenters. The summed E-state index contributed by atoms with van der Waals surface area (Å²) in [5.41, 5.74) is 3.60. The number of carbonyl (C=O) groups is 1. The maximum Gasteiger partial charge on any atom is 0.401 e. The van der Waals surface area contributed by atoms with Gasteiger partial charge in [-0.3, -0.25) is 14.9 Å². The van der Waals surface area contributed by atoms with Crippen LogP contribution in [0.2, 0.25) is 0 Å². The molecular weight excluding hydrogens is 395 g/mol. The van der Waals surface area contributed by atoms with Crippen LogP contribution in [0.4, 0.5) is 13.2 Å². The van der Waals surface area contributed by atoms with Crippen LogP contribution >= 0.6 is 0 Å². The molecule has 174 valence electrons. The molecule has 3 rings (SSSR count). The number of alkyl halides is 3. The van der Waals surface area contributed by atoms with E-state index in [1.54, 1.807) is 0 Å². The Morgan fingerprint density at radius 3 is 2.10 bits per heavy atom. The number of hydrogen-bond donors (Lipinski definition) is 2. The standard InChI is InChI=1S/C13H17F3N2.C6H12.C2H6.CH3NO2/c1-9-12-6-11(10-2-3-10)7-17(12)4-5-18(9)8-13(14,15)16;1-3-5-6-4-2;1-2;3-1-2-4/h6-7,9-10H,2-5,8H2,1H3;5-6H,3-4H2,1-2H3;1-2H3;1,4H,(H,2,3)/b;6-5-;;. The fourth-order valence-electron chi connectivity index (χ4n) is 3.14. The minimum absolute atomic E-state index is 0.145. The van der Waals surface area contributed by atoms with Crippen LogP contribution in [-0.2, 0) is 11.3 Å². The van der Waals surface area contributed by atoms with Gasteiger partial charge in [0.2, 0.25) is 6.41 Å². The maximum absolute atomic E-state index is 12.5. The molecule has 2 aliphatic rings. The van der Waals surface area contributed by atoms with Crippen LogP contribution in [-0.4, -0.2) is 40.4 Å². The Morgan fingerprint density at radius 2 is 1.70 bits per heavy atom. The number of carbonyl (C=O) groups excluding carboxylic acids is 1. The van der Waals surface area contributed by atoms with Gasteiger partial charge in [0, 0.05) is 31.0 Å². The third-order valence-electron chi connectivity index (χ3n) is 4.68. The summed E-state index contributed by atoms with van der Waals surface area (Å²) in [6.45, 7) is 10.5. The van der Waals surface area contributed by atoms with Gasteiger partial charge in [0.15, 0.2) is 0 Å². The van der Waals surface area contributed by atoms with E-state index in [0.717, 1.165) is 5.69 Å². The van der Waals surface area contributed by atoms with Gasteiger partial charge in [0.05, 0.1) is 6.54 Å². The molecule has 1 aromatic heterocycles. The zero-order chi connectivity index (χ0) is 23.2. The van der Waals surface area contributed by atoms with Gasteiger partial charge >= 0.3 is 6.18 Å². The second-order valence-corrected chi connectivity index (χ2v) is 6.96. The number of rotatable bonds is 5. The van der Waals surface area contributed by atoms with E-state index < -0.39 is 12.7 Å². The zero-order valence-corrected chi connectivity index (χ0v) is 18.9. The highest BCUT2D eigenvalue weighted by Gasteiger charge is 2.36. The van der Waals surface area contributed by atoms with E-state index >= 15 is 0 Å². The van der Waals surface area contributed by atoms with Crippen LogP contribution in [0, 0.1) is 0 Å². The molecular formula is C22H38F3N3O2. The van der Waals surface area contributed by atoms with Crippen LogP contribution in [0.15, 0.2) is 24.4 Å². The molecule has 1 saturated carbocycles. The molecule has 0 aromatic carbocycles. The first-order valence-electron chi connectivity index (χ1n) is 10.8. The SMILES string of the molecule is CC.CC/C=C\CC.CC1c2cc(C3CC3)cn2CCN1CC(F)(F)F.O=CNO. The topological polar surface area (TPSA) is 57.5 Å². The molecule has 5 nitrogen and oxygen atoms in total. The third kappa shape index (κ3) is 10.8. The highest BCUT2D eigenvalue weighted by Crippen LogP contribution is 2.42. The van der Waals surface area contributed by atoms with Crippen LogP contribution in [0.1, 0.15) is 83.5 Å². The predicted molar refractivity (Wildman–Crippen MR) is 115 cm³/mol. The molecule has 0 saturated heterocycles. The van der Waals surface area contributed by atoms with Crippen molar-refractivity contribution in [2.24, 2.45) is 0 Å². The van der Waals surface area contributed by atoms with Crippen molar-refractivity contribution >= 4 is 6.41 Å². The lowest BCUT2D eigenvalue weighted by Crippen LogP contribution is -2.41. The number of hydroxylamine groups is 1. The van der Waals surface area contributed by atoms with Crippen molar-refractivity contribution in [2.75, 3.05) is 13.1 Å². The summed E-state index contributed by atoms with van der Waals surface area (Å²) in [5.74, 6) is 0.659. The maximum atomic E-state index is 12.5. The van der Waals surface area contributed by atoms with Crippen molar-refractivity contribution < 1.29 is 23.2 Å². The summed E-state index contributed by atoms with van der Waals surface area (Å²) < 4.78 is 39.6. The first-order valence-corrected chi connectivity index (χ1v) is 10.8. The van der Waals surface area contributed by atoms with Crippen molar-refractivity contribution in [3.8, 4) is 0 Å². The summed E-state index contributed by atoms with van der Waals surface area (Å²) in [7, 11) is 0. The molecule has 2 N–H and O–H groups in total. The van der Waals surface area contributed by atoms with E-state index in [0.29, 0.717) is 19.0 Å². The van der Waals surface area contributed by atoms with E-state index in [2.05, 4.69) is 42.8 Å². The van der Waals surface area contributed by atoms with Crippen LogP contribution in [0.3, 0.4) is 0 Å². The Kier molecular flexibility index (Phi) is 14.2. The first kappa shape index (κ1) is 28.2. The Bertz CT molecular complexity index is 605. The van der Waals surface area contributed by atoms with E-state index in [9.17, 15) is 13.2 Å². The fraction of sp³-hybridized carbons (Fsp3) is 0.682. The van der Waals surface area contributed by atoms with Crippen molar-refractivity contribution in [2.45, 2.75) is 85.0 Å². The molecule has 30 heavy (non-hydrogen) atoms. The lowest BCUT2D eigenvalue weighted by molar-refractivity contribution is -0.152. The molecule has 0 radical (unpaired) electrons. The number of fused-ring (bicyclic) bond motifs is 1. The highest BCUT2D eigenvalue weighted by molar-refractivity contribution is 5.43. The van der Waals surface area contributed by atoms with Crippen LogP contribution in [0.25, 0.3) is 0 Å². The van der Waals surface area contributed by atoms with E-state index in [1.807, 2.05) is 20.8 Å². The number of halogens is 3. The van der Waals surface area contributed by atoms with Crippen molar-refractivity contribution in [1.29, 1.82) is 0 Å². The largest absolute Gasteiger partial charge is 0.401 e. The van der Waals surface area contributed by atoms with Crippen LogP contribution in [0.5, 0.6) is 0 Å². The lowest BCUT2D eigenvalue weighted by Gasteiger charge is -2.35. The molecule has 1 fully saturated rings. The molecule has 1 aliphatic carbocycles. The summed E-state index contributed by atoms with van der Waals surface area (Å²) in [6, 6.07) is 1.96. The molecule has 0 bridgehead atoms. The van der Waals surface area contributed by atoms with Gasteiger partial charge < -0.3 is 4.57 Å². The smallest absolute Gasteiger partial charge is 0.348 e. The Labute approximate surface area is 178 Å². The summed E-state index contributed by atoms with van der Waals surface area (Å²) in [5, 5.41) is 7.26. The second-order valence-electron chi connectivity index (χ2n) is 6.96. The fourth-order valence-corrected chi connectivity index (χ4v) is 3.14. The van der Waals surface area contributed by atoms with Gasteiger partial charge in [0.25, 0.3) is 0 Å². The Morgan fingerprint density at radius 1 is 1.17 bits per heavy atom. The minimum atomic E-state index is -4.11. The number of nitrogens with one attached hydrogen (secondary N) is 1. The van der Waals surface area contributed by atoms with Crippen molar-refractivity contribution in [3.63, 3.8) is 0 Å². The molecule has 8 heteroatoms. The summed E-state index contributed by atoms with van der Waals surface area (Å²) in [6.07, 6.45) is 7.37. The quantitative estimate of drug-likeness (QED) is 0.266. The number of hydrogen-bond acceptors (Lipinski definition) is 3. The molecule has 1 atom stereocenters. The monoisotopic (exact) mass is 433 g/mol. The Hall–Kier alpha value is -1.80. The number of nitrogens with zero attached hydrogens (tertiary/aromatic N) is 2. The van der Waals surface area contributed by atoms with Gasteiger partial charge in [-0.25, -0.2) is 5.48 Å². The van der Waals surface area contributed by atoms with Gasteiger partial charge in [-0.2, -0.15) is 13.2 Å². The average molecular weight is 434 g/mol.